The molecule has 0 aromatic heterocycles. The first-order valence-electron chi connectivity index (χ1n) is 26.7. The lowest BCUT2D eigenvalue weighted by Gasteiger charge is -2.24. The Labute approximate surface area is 379 Å². The van der Waals surface area contributed by atoms with E-state index in [2.05, 4.69) is 62.5 Å². The molecule has 0 aliphatic carbocycles. The Hall–Kier alpha value is -1.92. The molecule has 1 amide bonds. The van der Waals surface area contributed by atoms with Gasteiger partial charge in [-0.2, -0.15) is 0 Å². The molecule has 0 bridgehead atoms. The summed E-state index contributed by atoms with van der Waals surface area (Å²) < 4.78 is 5.93. The number of esters is 1. The number of carbonyl (C=O) groups excluding carboxylic acids is 2. The molecule has 358 valence electrons. The predicted molar refractivity (Wildman–Crippen MR) is 264 cm³/mol. The first-order chi connectivity index (χ1) is 30.0. The van der Waals surface area contributed by atoms with Crippen molar-refractivity contribution in [2.45, 2.75) is 296 Å². The predicted octanol–water partition coefficient (Wildman–Crippen LogP) is 16.1. The maximum atomic E-state index is 13.2. The first-order valence-corrected chi connectivity index (χ1v) is 26.7. The van der Waals surface area contributed by atoms with E-state index in [0.717, 1.165) is 77.0 Å². The van der Waals surface area contributed by atoms with Crippen LogP contribution in [0.3, 0.4) is 0 Å². The van der Waals surface area contributed by atoms with Gasteiger partial charge in [-0.05, 0) is 64.2 Å². The SMILES string of the molecule is CCCCC/C=C\C/C=C\C/C=C\CCCCCCC(=O)OC(CCCCCCCCCCCCCCC)CC(=O)NC(CO)C(O)CCCCCCCCCCCCCC. The van der Waals surface area contributed by atoms with Crippen LogP contribution in [0.15, 0.2) is 36.5 Å². The summed E-state index contributed by atoms with van der Waals surface area (Å²) in [5, 5.41) is 23.8. The number of hydrogen-bond donors (Lipinski definition) is 3. The minimum atomic E-state index is -0.788. The standard InChI is InChI=1S/C55H103NO5/c1-4-7-10-13-16-19-22-25-26-27-28-30-33-36-39-42-45-48-55(60)61-51(46-43-40-37-34-31-29-23-20-17-14-11-8-5-2)49-54(59)56-52(50-57)53(58)47-44-41-38-35-32-24-21-18-15-12-9-6-3/h16,19,25-26,28,30,51-53,57-58H,4-15,17-18,20-24,27,29,31-50H2,1-3H3,(H,56,59)/b19-16-,26-25-,30-28-. The lowest BCUT2D eigenvalue weighted by molar-refractivity contribution is -0.151. The summed E-state index contributed by atoms with van der Waals surface area (Å²) in [6.07, 6.45) is 57.7. The van der Waals surface area contributed by atoms with Gasteiger partial charge >= 0.3 is 5.97 Å². The highest BCUT2D eigenvalue weighted by Crippen LogP contribution is 2.18. The second-order valence-electron chi connectivity index (χ2n) is 18.3. The van der Waals surface area contributed by atoms with E-state index in [1.165, 1.54) is 154 Å². The summed E-state index contributed by atoms with van der Waals surface area (Å²) in [5.74, 6) is -0.487. The van der Waals surface area contributed by atoms with Gasteiger partial charge in [-0.1, -0.05) is 237 Å². The second kappa shape index (κ2) is 49.1. The van der Waals surface area contributed by atoms with Gasteiger partial charge in [0.1, 0.15) is 6.10 Å². The van der Waals surface area contributed by atoms with E-state index >= 15 is 0 Å². The van der Waals surface area contributed by atoms with Crippen LogP contribution in [-0.4, -0.2) is 46.9 Å². The Balaban J connectivity index is 4.58. The normalized spacial score (nSPS) is 13.5. The lowest BCUT2D eigenvalue weighted by atomic mass is 10.0. The molecule has 3 N–H and O–H groups in total. The molecule has 0 saturated heterocycles. The number of rotatable bonds is 48. The third-order valence-corrected chi connectivity index (χ3v) is 12.2. The number of aliphatic hydroxyl groups excluding tert-OH is 2. The highest BCUT2D eigenvalue weighted by atomic mass is 16.5. The number of nitrogens with one attached hydrogen (secondary N) is 1. The zero-order valence-electron chi connectivity index (χ0n) is 40.8. The number of unbranched alkanes of at least 4 members (excludes halogenated alkanes) is 30. The number of aliphatic hydroxyl groups is 2. The van der Waals surface area contributed by atoms with E-state index in [0.29, 0.717) is 19.3 Å². The Bertz CT molecular complexity index is 1010. The molecule has 0 radical (unpaired) electrons. The molecule has 3 atom stereocenters. The fourth-order valence-corrected chi connectivity index (χ4v) is 8.14. The minimum absolute atomic E-state index is 0.0725. The lowest BCUT2D eigenvalue weighted by Crippen LogP contribution is -2.46. The summed E-state index contributed by atoms with van der Waals surface area (Å²) in [6.45, 7) is 6.46. The van der Waals surface area contributed by atoms with Gasteiger partial charge < -0.3 is 20.3 Å². The summed E-state index contributed by atoms with van der Waals surface area (Å²) in [5.41, 5.74) is 0. The van der Waals surface area contributed by atoms with E-state index in [-0.39, 0.29) is 24.9 Å². The highest BCUT2D eigenvalue weighted by Gasteiger charge is 2.24. The van der Waals surface area contributed by atoms with Gasteiger partial charge in [0.25, 0.3) is 0 Å². The van der Waals surface area contributed by atoms with Gasteiger partial charge in [0.05, 0.1) is 25.2 Å². The molecule has 0 heterocycles. The van der Waals surface area contributed by atoms with Crippen LogP contribution < -0.4 is 5.32 Å². The van der Waals surface area contributed by atoms with E-state index in [1.54, 1.807) is 0 Å². The Morgan fingerprint density at radius 3 is 1.30 bits per heavy atom. The van der Waals surface area contributed by atoms with Crippen molar-refractivity contribution in [3.8, 4) is 0 Å². The molecule has 6 heteroatoms. The summed E-state index contributed by atoms with van der Waals surface area (Å²) in [6, 6.07) is -0.702. The third-order valence-electron chi connectivity index (χ3n) is 12.2. The number of allylic oxidation sites excluding steroid dienone is 6. The molecular formula is C55H103NO5. The van der Waals surface area contributed by atoms with E-state index in [9.17, 15) is 19.8 Å². The molecule has 0 aliphatic heterocycles. The molecule has 0 fully saturated rings. The van der Waals surface area contributed by atoms with E-state index in [1.807, 2.05) is 0 Å². The molecule has 0 aliphatic rings. The topological polar surface area (TPSA) is 95.9 Å². The molecule has 0 aromatic rings. The second-order valence-corrected chi connectivity index (χ2v) is 18.3. The van der Waals surface area contributed by atoms with E-state index in [4.69, 9.17) is 4.74 Å². The van der Waals surface area contributed by atoms with Crippen LogP contribution in [0, 0.1) is 0 Å². The summed E-state index contributed by atoms with van der Waals surface area (Å²) in [7, 11) is 0. The van der Waals surface area contributed by atoms with Crippen LogP contribution in [0.25, 0.3) is 0 Å². The van der Waals surface area contributed by atoms with Crippen molar-refractivity contribution in [2.24, 2.45) is 0 Å². The molecule has 0 rings (SSSR count). The zero-order chi connectivity index (χ0) is 44.5. The number of carbonyl (C=O) groups is 2. The van der Waals surface area contributed by atoms with E-state index < -0.39 is 18.2 Å². The Kier molecular flexibility index (Phi) is 47.6. The average Bonchev–Trinajstić information content (AvgIpc) is 3.25. The van der Waals surface area contributed by atoms with Crippen LogP contribution in [0.2, 0.25) is 0 Å². The molecule has 3 unspecified atom stereocenters. The largest absolute Gasteiger partial charge is 0.462 e. The summed E-state index contributed by atoms with van der Waals surface area (Å²) >= 11 is 0. The van der Waals surface area contributed by atoms with Crippen LogP contribution >= 0.6 is 0 Å². The van der Waals surface area contributed by atoms with Crippen LogP contribution in [-0.2, 0) is 14.3 Å². The van der Waals surface area contributed by atoms with Crippen molar-refractivity contribution < 1.29 is 24.5 Å². The third kappa shape index (κ3) is 44.5. The van der Waals surface area contributed by atoms with Crippen molar-refractivity contribution in [1.29, 1.82) is 0 Å². The molecule has 0 spiro atoms. The monoisotopic (exact) mass is 858 g/mol. The van der Waals surface area contributed by atoms with Gasteiger partial charge in [-0.3, -0.25) is 9.59 Å². The van der Waals surface area contributed by atoms with Crippen molar-refractivity contribution in [2.75, 3.05) is 6.61 Å². The molecule has 0 saturated carbocycles. The van der Waals surface area contributed by atoms with Crippen molar-refractivity contribution in [1.82, 2.24) is 5.32 Å². The molecule has 6 nitrogen and oxygen atoms in total. The minimum Gasteiger partial charge on any atom is -0.462 e. The quantitative estimate of drug-likeness (QED) is 0.0322. The molecule has 0 aromatic carbocycles. The smallest absolute Gasteiger partial charge is 0.306 e. The van der Waals surface area contributed by atoms with Gasteiger partial charge in [-0.25, -0.2) is 0 Å². The van der Waals surface area contributed by atoms with Crippen molar-refractivity contribution >= 4 is 11.9 Å². The average molecular weight is 858 g/mol. The Morgan fingerprint density at radius 1 is 0.475 bits per heavy atom. The molecule has 61 heavy (non-hydrogen) atoms. The van der Waals surface area contributed by atoms with Crippen LogP contribution in [0.5, 0.6) is 0 Å². The number of amides is 1. The van der Waals surface area contributed by atoms with Gasteiger partial charge in [0, 0.05) is 6.42 Å². The van der Waals surface area contributed by atoms with Crippen LogP contribution in [0.4, 0.5) is 0 Å². The first kappa shape index (κ1) is 59.1. The fraction of sp³-hybridized carbons (Fsp3) is 0.855. The number of hydrogen-bond acceptors (Lipinski definition) is 5. The van der Waals surface area contributed by atoms with Crippen molar-refractivity contribution in [3.63, 3.8) is 0 Å². The van der Waals surface area contributed by atoms with Crippen LogP contribution in [0.1, 0.15) is 278 Å². The highest BCUT2D eigenvalue weighted by molar-refractivity contribution is 5.77. The summed E-state index contributed by atoms with van der Waals surface area (Å²) in [4.78, 5) is 26.2. The molecular weight excluding hydrogens is 755 g/mol. The fourth-order valence-electron chi connectivity index (χ4n) is 8.14. The van der Waals surface area contributed by atoms with Crippen molar-refractivity contribution in [3.05, 3.63) is 36.5 Å². The van der Waals surface area contributed by atoms with Gasteiger partial charge in [-0.15, -0.1) is 0 Å². The maximum absolute atomic E-state index is 13.2. The van der Waals surface area contributed by atoms with Gasteiger partial charge in [0.15, 0.2) is 0 Å². The van der Waals surface area contributed by atoms with Gasteiger partial charge in [0.2, 0.25) is 5.91 Å². The maximum Gasteiger partial charge on any atom is 0.306 e. The zero-order valence-corrected chi connectivity index (χ0v) is 40.8. The Morgan fingerprint density at radius 2 is 0.836 bits per heavy atom. The number of ether oxygens (including phenoxy) is 1.